The van der Waals surface area contributed by atoms with Gasteiger partial charge >= 0.3 is 12.2 Å². The van der Waals surface area contributed by atoms with Crippen molar-refractivity contribution in [1.82, 2.24) is 15.3 Å². The molecule has 1 fully saturated rings. The molecule has 2 aromatic heterocycles. The zero-order valence-electron chi connectivity index (χ0n) is 12.2. The smallest absolute Gasteiger partial charge is 0.338 e. The Kier molecular flexibility index (Phi) is 4.77. The summed E-state index contributed by atoms with van der Waals surface area (Å²) in [6, 6.07) is 1.09. The van der Waals surface area contributed by atoms with Crippen LogP contribution in [0, 0.1) is 5.92 Å². The number of hydrogen-bond acceptors (Lipinski definition) is 4. The van der Waals surface area contributed by atoms with Gasteiger partial charge in [0.2, 0.25) is 0 Å². The standard InChI is InChI=1S/C14H12BrF3N4OS/c15-9-5-19-11(22-13(23)20-4-7-1-2-7)3-8(9)12-21-10(6-24-12)14(16,17)18/h3,5-7H,1-2,4H2,(H2,19,20,22,23). The van der Waals surface area contributed by atoms with Crippen LogP contribution in [-0.4, -0.2) is 22.5 Å². The predicted molar refractivity (Wildman–Crippen MR) is 87.8 cm³/mol. The molecular weight excluding hydrogens is 409 g/mol. The highest BCUT2D eigenvalue weighted by Gasteiger charge is 2.34. The van der Waals surface area contributed by atoms with Gasteiger partial charge in [0.1, 0.15) is 10.8 Å². The van der Waals surface area contributed by atoms with Crippen LogP contribution in [0.25, 0.3) is 10.6 Å². The Morgan fingerprint density at radius 1 is 1.42 bits per heavy atom. The van der Waals surface area contributed by atoms with Gasteiger partial charge in [-0.3, -0.25) is 5.32 Å². The van der Waals surface area contributed by atoms with Gasteiger partial charge in [0.15, 0.2) is 5.69 Å². The van der Waals surface area contributed by atoms with Crippen molar-refractivity contribution in [3.8, 4) is 10.6 Å². The number of urea groups is 1. The summed E-state index contributed by atoms with van der Waals surface area (Å²) in [6.07, 6.45) is -0.836. The Bertz CT molecular complexity index is 761. The van der Waals surface area contributed by atoms with E-state index in [1.165, 1.54) is 12.3 Å². The SMILES string of the molecule is O=C(NCC1CC1)Nc1cc(-c2nc(C(F)(F)F)cs2)c(Br)cn1. The summed E-state index contributed by atoms with van der Waals surface area (Å²) in [7, 11) is 0. The van der Waals surface area contributed by atoms with Crippen molar-refractivity contribution in [2.45, 2.75) is 19.0 Å². The number of halogens is 4. The van der Waals surface area contributed by atoms with Gasteiger partial charge in [-0.05, 0) is 40.8 Å². The Balaban J connectivity index is 1.75. The Morgan fingerprint density at radius 2 is 2.17 bits per heavy atom. The number of alkyl halides is 3. The van der Waals surface area contributed by atoms with E-state index in [0.29, 0.717) is 22.5 Å². The molecule has 0 atom stereocenters. The second-order valence-corrected chi connectivity index (χ2v) is 7.08. The molecule has 1 aliphatic carbocycles. The van der Waals surface area contributed by atoms with Crippen molar-refractivity contribution in [3.63, 3.8) is 0 Å². The quantitative estimate of drug-likeness (QED) is 0.763. The molecule has 5 nitrogen and oxygen atoms in total. The van der Waals surface area contributed by atoms with E-state index in [9.17, 15) is 18.0 Å². The molecule has 0 bridgehead atoms. The van der Waals surface area contributed by atoms with Crippen LogP contribution < -0.4 is 10.6 Å². The minimum absolute atomic E-state index is 0.193. The van der Waals surface area contributed by atoms with Gasteiger partial charge in [0.25, 0.3) is 0 Å². The first-order valence-corrected chi connectivity index (χ1v) is 8.73. The van der Waals surface area contributed by atoms with Crippen molar-refractivity contribution in [3.05, 3.63) is 27.8 Å². The van der Waals surface area contributed by atoms with Gasteiger partial charge in [0.05, 0.1) is 0 Å². The zero-order valence-corrected chi connectivity index (χ0v) is 14.6. The van der Waals surface area contributed by atoms with Crippen molar-refractivity contribution in [2.24, 2.45) is 5.92 Å². The average Bonchev–Trinajstić information content (AvgIpc) is 3.20. The lowest BCUT2D eigenvalue weighted by molar-refractivity contribution is -0.140. The largest absolute Gasteiger partial charge is 0.434 e. The fourth-order valence-electron chi connectivity index (χ4n) is 1.92. The van der Waals surface area contributed by atoms with E-state index >= 15 is 0 Å². The highest BCUT2D eigenvalue weighted by Crippen LogP contribution is 2.36. The van der Waals surface area contributed by atoms with E-state index in [1.54, 1.807) is 0 Å². The van der Waals surface area contributed by atoms with E-state index in [0.717, 1.165) is 29.6 Å². The average molecular weight is 421 g/mol. The molecule has 0 aromatic carbocycles. The Labute approximate surface area is 147 Å². The maximum absolute atomic E-state index is 12.7. The van der Waals surface area contributed by atoms with Crippen LogP contribution in [0.5, 0.6) is 0 Å². The summed E-state index contributed by atoms with van der Waals surface area (Å²) in [5.41, 5.74) is -0.508. The highest BCUT2D eigenvalue weighted by molar-refractivity contribution is 9.10. The monoisotopic (exact) mass is 420 g/mol. The molecule has 1 saturated carbocycles. The lowest BCUT2D eigenvalue weighted by atomic mass is 10.2. The molecule has 0 aliphatic heterocycles. The van der Waals surface area contributed by atoms with Crippen molar-refractivity contribution < 1.29 is 18.0 Å². The third-order valence-electron chi connectivity index (χ3n) is 3.37. The van der Waals surface area contributed by atoms with E-state index in [4.69, 9.17) is 0 Å². The number of nitrogens with zero attached hydrogens (tertiary/aromatic N) is 2. The van der Waals surface area contributed by atoms with Gasteiger partial charge in [-0.2, -0.15) is 13.2 Å². The van der Waals surface area contributed by atoms with Gasteiger partial charge in [-0.25, -0.2) is 14.8 Å². The lowest BCUT2D eigenvalue weighted by Crippen LogP contribution is -2.30. The normalized spacial score (nSPS) is 14.5. The summed E-state index contributed by atoms with van der Waals surface area (Å²) in [6.45, 7) is 0.608. The number of amides is 2. The molecule has 10 heteroatoms. The number of pyridine rings is 1. The van der Waals surface area contributed by atoms with Gasteiger partial charge in [-0.15, -0.1) is 11.3 Å². The minimum atomic E-state index is -4.49. The molecule has 2 heterocycles. The zero-order chi connectivity index (χ0) is 17.3. The lowest BCUT2D eigenvalue weighted by Gasteiger charge is -2.08. The maximum Gasteiger partial charge on any atom is 0.434 e. The summed E-state index contributed by atoms with van der Waals surface area (Å²) in [5, 5.41) is 6.45. The third-order valence-corrected chi connectivity index (χ3v) is 4.88. The van der Waals surface area contributed by atoms with Gasteiger partial charge < -0.3 is 5.32 Å². The van der Waals surface area contributed by atoms with Crippen molar-refractivity contribution >= 4 is 39.1 Å². The number of anilines is 1. The molecule has 3 rings (SSSR count). The number of rotatable bonds is 4. The molecule has 2 aromatic rings. The van der Waals surface area contributed by atoms with Crippen LogP contribution in [0.15, 0.2) is 22.1 Å². The second-order valence-electron chi connectivity index (χ2n) is 5.36. The molecule has 0 saturated heterocycles. The van der Waals surface area contributed by atoms with Crippen LogP contribution in [0.1, 0.15) is 18.5 Å². The fraction of sp³-hybridized carbons (Fsp3) is 0.357. The molecule has 1 aliphatic rings. The number of hydrogen-bond donors (Lipinski definition) is 2. The Morgan fingerprint density at radius 3 is 2.79 bits per heavy atom. The summed E-state index contributed by atoms with van der Waals surface area (Å²) >= 11 is 4.12. The number of carbonyl (C=O) groups is 1. The first-order valence-electron chi connectivity index (χ1n) is 7.06. The van der Waals surface area contributed by atoms with E-state index in [1.807, 2.05) is 0 Å². The molecule has 0 radical (unpaired) electrons. The van der Waals surface area contributed by atoms with Crippen LogP contribution in [0.3, 0.4) is 0 Å². The van der Waals surface area contributed by atoms with Gasteiger partial charge in [-0.1, -0.05) is 0 Å². The topological polar surface area (TPSA) is 66.9 Å². The van der Waals surface area contributed by atoms with E-state index in [2.05, 4.69) is 36.5 Å². The Hall–Kier alpha value is -1.68. The van der Waals surface area contributed by atoms with Crippen LogP contribution in [-0.2, 0) is 6.18 Å². The first kappa shape index (κ1) is 17.2. The van der Waals surface area contributed by atoms with Gasteiger partial charge in [0, 0.05) is 28.2 Å². The summed E-state index contributed by atoms with van der Waals surface area (Å²) in [4.78, 5) is 19.4. The second kappa shape index (κ2) is 6.67. The van der Waals surface area contributed by atoms with E-state index < -0.39 is 17.9 Å². The molecule has 0 unspecified atom stereocenters. The van der Waals surface area contributed by atoms with Crippen LogP contribution in [0.2, 0.25) is 0 Å². The summed E-state index contributed by atoms with van der Waals surface area (Å²) < 4.78 is 38.5. The minimum Gasteiger partial charge on any atom is -0.338 e. The number of aromatic nitrogens is 2. The van der Waals surface area contributed by atoms with E-state index in [-0.39, 0.29) is 10.8 Å². The molecule has 2 N–H and O–H groups in total. The number of nitrogens with one attached hydrogen (secondary N) is 2. The molecule has 128 valence electrons. The predicted octanol–water partition coefficient (Wildman–Crippen LogP) is 4.52. The number of carbonyl (C=O) groups excluding carboxylic acids is 1. The molecular formula is C14H12BrF3N4OS. The molecule has 2 amide bonds. The van der Waals surface area contributed by atoms with Crippen LogP contribution in [0.4, 0.5) is 23.8 Å². The fourth-order valence-corrected chi connectivity index (χ4v) is 3.31. The first-order chi connectivity index (χ1) is 11.3. The summed E-state index contributed by atoms with van der Waals surface area (Å²) in [5.74, 6) is 0.783. The number of thiazole rings is 1. The third kappa shape index (κ3) is 4.23. The van der Waals surface area contributed by atoms with Crippen molar-refractivity contribution in [1.29, 1.82) is 0 Å². The molecule has 24 heavy (non-hydrogen) atoms. The van der Waals surface area contributed by atoms with Crippen molar-refractivity contribution in [2.75, 3.05) is 11.9 Å². The maximum atomic E-state index is 12.7. The van der Waals surface area contributed by atoms with Crippen LogP contribution >= 0.6 is 27.3 Å². The highest BCUT2D eigenvalue weighted by atomic mass is 79.9. The molecule has 0 spiro atoms.